The van der Waals surface area contributed by atoms with Crippen molar-refractivity contribution in [3.05, 3.63) is 109 Å². The van der Waals surface area contributed by atoms with Crippen molar-refractivity contribution in [3.63, 3.8) is 0 Å². The number of carboxylic acids is 1. The lowest BCUT2D eigenvalue weighted by Gasteiger charge is -2.40. The zero-order chi connectivity index (χ0) is 57.5. The molecule has 6 unspecified atom stereocenters. The second kappa shape index (κ2) is 54.0. The largest absolute Gasteiger partial charge is 0.479 e. The molecule has 0 radical (unpaired) electrons. The first-order valence-corrected chi connectivity index (χ1v) is 30.9. The Bertz CT molecular complexity index is 1790. The molecule has 12 heteroatoms. The molecule has 0 aromatic heterocycles. The number of aliphatic hydroxyl groups excluding tert-OH is 2. The number of ether oxygens (including phenoxy) is 5. The molecule has 0 aliphatic carbocycles. The lowest BCUT2D eigenvalue weighted by Crippen LogP contribution is -2.61. The number of hydrogen-bond donors (Lipinski definition) is 3. The highest BCUT2D eigenvalue weighted by molar-refractivity contribution is 5.74. The maximum atomic E-state index is 13.1. The molecule has 0 bridgehead atoms. The summed E-state index contributed by atoms with van der Waals surface area (Å²) in [6.45, 7) is 5.68. The van der Waals surface area contributed by atoms with Crippen molar-refractivity contribution in [1.82, 2.24) is 0 Å². The number of unbranched alkanes of at least 4 members (excludes halogenated alkanes) is 19. The van der Waals surface area contributed by atoms with Gasteiger partial charge < -0.3 is 39.0 Å². The molecule has 1 aliphatic rings. The van der Waals surface area contributed by atoms with Gasteiger partial charge in [-0.05, 0) is 109 Å². The molecular weight excluding hydrogens is 997 g/mol. The summed E-state index contributed by atoms with van der Waals surface area (Å²) < 4.78 is 28.4. The van der Waals surface area contributed by atoms with Crippen LogP contribution in [0.3, 0.4) is 0 Å². The molecule has 1 fully saturated rings. The van der Waals surface area contributed by atoms with Gasteiger partial charge in [-0.1, -0.05) is 220 Å². The van der Waals surface area contributed by atoms with E-state index in [9.17, 15) is 34.5 Å². The van der Waals surface area contributed by atoms with Gasteiger partial charge in [-0.3, -0.25) is 14.4 Å². The Morgan fingerprint density at radius 3 is 1.27 bits per heavy atom. The number of aliphatic hydroxyl groups is 2. The first-order chi connectivity index (χ1) is 38.6. The summed E-state index contributed by atoms with van der Waals surface area (Å²) in [6.07, 6.45) is 60.7. The van der Waals surface area contributed by atoms with Gasteiger partial charge in [-0.25, -0.2) is 4.79 Å². The normalized spacial score (nSPS) is 18.6. The number of carbonyl (C=O) groups excluding carboxylic acids is 3. The third-order valence-electron chi connectivity index (χ3n) is 13.3. The SMILES string of the molecule is CC/C=C\C/C=C\C/C=C\C/C=C\CCC(=O)OC(COC(=O)CCCCCCCCCCC/C=C\C/C=C\CCCCC)COC1OC(C(=O)O)C(O)C(O)C1OC(=O)CCCCCCCCC/C=C\C/C=C\C/C=C\CC. The predicted octanol–water partition coefficient (Wildman–Crippen LogP) is 16.2. The van der Waals surface area contributed by atoms with Gasteiger partial charge in [0.05, 0.1) is 6.61 Å². The fraction of sp³-hybridized carbons (Fsp3) is 0.672. The summed E-state index contributed by atoms with van der Waals surface area (Å²) >= 11 is 0. The topological polar surface area (TPSA) is 175 Å². The summed E-state index contributed by atoms with van der Waals surface area (Å²) in [5, 5.41) is 31.5. The van der Waals surface area contributed by atoms with E-state index < -0.39 is 67.3 Å². The Kier molecular flexibility index (Phi) is 49.5. The van der Waals surface area contributed by atoms with Crippen LogP contribution in [0, 0.1) is 0 Å². The number of aliphatic carboxylic acids is 1. The van der Waals surface area contributed by atoms with E-state index in [4.69, 9.17) is 23.7 Å². The molecule has 0 amide bonds. The lowest BCUT2D eigenvalue weighted by molar-refractivity contribution is -0.301. The van der Waals surface area contributed by atoms with E-state index in [2.05, 4.69) is 118 Å². The Balaban J connectivity index is 2.69. The van der Waals surface area contributed by atoms with Crippen molar-refractivity contribution in [2.45, 2.75) is 276 Å². The molecule has 6 atom stereocenters. The van der Waals surface area contributed by atoms with Crippen molar-refractivity contribution < 1.29 is 58.2 Å². The van der Waals surface area contributed by atoms with Gasteiger partial charge in [-0.2, -0.15) is 0 Å². The van der Waals surface area contributed by atoms with Crippen LogP contribution in [-0.4, -0.2) is 89.2 Å². The van der Waals surface area contributed by atoms with Crippen LogP contribution >= 0.6 is 0 Å². The highest BCUT2D eigenvalue weighted by atomic mass is 16.7. The van der Waals surface area contributed by atoms with Gasteiger partial charge in [0.25, 0.3) is 0 Å². The number of hydrogen-bond acceptors (Lipinski definition) is 11. The van der Waals surface area contributed by atoms with Crippen LogP contribution in [0.1, 0.15) is 239 Å². The van der Waals surface area contributed by atoms with Crippen LogP contribution < -0.4 is 0 Å². The molecule has 1 aliphatic heterocycles. The third-order valence-corrected chi connectivity index (χ3v) is 13.3. The monoisotopic (exact) mass is 1100 g/mol. The van der Waals surface area contributed by atoms with Gasteiger partial charge in [0.1, 0.15) is 18.8 Å². The van der Waals surface area contributed by atoms with Crippen LogP contribution in [0.2, 0.25) is 0 Å². The number of carbonyl (C=O) groups is 4. The summed E-state index contributed by atoms with van der Waals surface area (Å²) in [7, 11) is 0. The van der Waals surface area contributed by atoms with Crippen LogP contribution in [0.5, 0.6) is 0 Å². The molecule has 0 spiro atoms. The zero-order valence-electron chi connectivity index (χ0n) is 49.3. The predicted molar refractivity (Wildman–Crippen MR) is 321 cm³/mol. The Labute approximate surface area is 478 Å². The van der Waals surface area contributed by atoms with Crippen LogP contribution in [0.25, 0.3) is 0 Å². The number of esters is 3. The van der Waals surface area contributed by atoms with Crippen LogP contribution in [-0.2, 0) is 42.9 Å². The average Bonchev–Trinajstić information content (AvgIpc) is 3.44. The number of carboxylic acid groups (broad SMARTS) is 1. The molecule has 3 N–H and O–H groups in total. The molecule has 0 saturated carbocycles. The molecule has 12 nitrogen and oxygen atoms in total. The maximum absolute atomic E-state index is 13.1. The zero-order valence-corrected chi connectivity index (χ0v) is 49.3. The highest BCUT2D eigenvalue weighted by Crippen LogP contribution is 2.26. The first-order valence-electron chi connectivity index (χ1n) is 30.9. The smallest absolute Gasteiger partial charge is 0.335 e. The third kappa shape index (κ3) is 43.8. The van der Waals surface area contributed by atoms with E-state index in [0.717, 1.165) is 116 Å². The number of rotatable bonds is 51. The van der Waals surface area contributed by atoms with E-state index >= 15 is 0 Å². The minimum atomic E-state index is -1.92. The van der Waals surface area contributed by atoms with Gasteiger partial charge in [0.15, 0.2) is 24.6 Å². The lowest BCUT2D eigenvalue weighted by atomic mass is 9.98. The molecule has 1 saturated heterocycles. The fourth-order valence-electron chi connectivity index (χ4n) is 8.66. The summed E-state index contributed by atoms with van der Waals surface area (Å²) in [4.78, 5) is 51.2. The van der Waals surface area contributed by atoms with E-state index in [1.54, 1.807) is 0 Å². The minimum Gasteiger partial charge on any atom is -0.479 e. The Morgan fingerprint density at radius 1 is 0.430 bits per heavy atom. The van der Waals surface area contributed by atoms with Crippen molar-refractivity contribution in [2.75, 3.05) is 13.2 Å². The van der Waals surface area contributed by atoms with E-state index in [0.29, 0.717) is 25.7 Å². The molecule has 1 rings (SSSR count). The molecule has 1 heterocycles. The minimum absolute atomic E-state index is 0.0350. The van der Waals surface area contributed by atoms with Crippen LogP contribution in [0.15, 0.2) is 109 Å². The van der Waals surface area contributed by atoms with Gasteiger partial charge in [-0.15, -0.1) is 0 Å². The van der Waals surface area contributed by atoms with Gasteiger partial charge >= 0.3 is 23.9 Å². The molecular formula is C67H108O12. The Morgan fingerprint density at radius 2 is 0.823 bits per heavy atom. The van der Waals surface area contributed by atoms with Crippen molar-refractivity contribution >= 4 is 23.9 Å². The standard InChI is InChI=1S/C67H108O12/c1-4-7-10-13-16-19-22-25-27-29-30-32-33-36-38-41-44-47-50-53-59(68)75-56-58(77-60(69)54-51-48-45-42-39-35-24-21-18-15-12-9-6-3)57-76-67-65(63(72)62(71)64(79-67)66(73)74)78-61(70)55-52-49-46-43-40-37-34-31-28-26-23-20-17-14-11-8-5-2/h8-9,11-12,16-21,25-28,35,39,45,48,58,62-65,67,71-72H,4-7,10,13-15,22-24,29-34,36-38,40-44,46-47,49-57H2,1-3H3,(H,73,74)/b11-8-,12-9-,19-16-,20-17-,21-18-,27-25-,28-26-,39-35-,48-45-. The van der Waals surface area contributed by atoms with Crippen LogP contribution in [0.4, 0.5) is 0 Å². The molecule has 0 aromatic carbocycles. The highest BCUT2D eigenvalue weighted by Gasteiger charge is 2.50. The van der Waals surface area contributed by atoms with Gasteiger partial charge in [0, 0.05) is 19.3 Å². The maximum Gasteiger partial charge on any atom is 0.335 e. The summed E-state index contributed by atoms with van der Waals surface area (Å²) in [5.41, 5.74) is 0. The van der Waals surface area contributed by atoms with E-state index in [1.165, 1.54) is 57.8 Å². The van der Waals surface area contributed by atoms with Crippen molar-refractivity contribution in [1.29, 1.82) is 0 Å². The van der Waals surface area contributed by atoms with E-state index in [-0.39, 0.29) is 25.9 Å². The molecule has 79 heavy (non-hydrogen) atoms. The number of allylic oxidation sites excluding steroid dienone is 18. The average molecular weight is 1110 g/mol. The second-order valence-corrected chi connectivity index (χ2v) is 20.6. The van der Waals surface area contributed by atoms with Crippen molar-refractivity contribution in [2.24, 2.45) is 0 Å². The summed E-state index contributed by atoms with van der Waals surface area (Å²) in [5.74, 6) is -3.25. The van der Waals surface area contributed by atoms with E-state index in [1.807, 2.05) is 12.2 Å². The fourth-order valence-corrected chi connectivity index (χ4v) is 8.66. The Hall–Kier alpha value is -4.62. The molecule has 0 aromatic rings. The van der Waals surface area contributed by atoms with Crippen molar-refractivity contribution in [3.8, 4) is 0 Å². The summed E-state index contributed by atoms with van der Waals surface area (Å²) in [6, 6.07) is 0. The van der Waals surface area contributed by atoms with Gasteiger partial charge in [0.2, 0.25) is 0 Å². The quantitative estimate of drug-likeness (QED) is 0.0228. The first kappa shape index (κ1) is 72.4. The molecule has 448 valence electrons. The second-order valence-electron chi connectivity index (χ2n) is 20.6.